The van der Waals surface area contributed by atoms with Crippen LogP contribution in [-0.2, 0) is 20.4 Å². The summed E-state index contributed by atoms with van der Waals surface area (Å²) in [7, 11) is 0. The fourth-order valence-corrected chi connectivity index (χ4v) is 3.55. The van der Waals surface area contributed by atoms with Gasteiger partial charge >= 0.3 is 0 Å². The zero-order valence-electron chi connectivity index (χ0n) is 14.4. The Kier molecular flexibility index (Phi) is 5.90. The normalized spacial score (nSPS) is 14.6. The fourth-order valence-electron chi connectivity index (χ4n) is 3.55. The van der Waals surface area contributed by atoms with Crippen LogP contribution in [0.2, 0.25) is 0 Å². The maximum Gasteiger partial charge on any atom is 0.0145 e. The van der Waals surface area contributed by atoms with Crippen molar-refractivity contribution in [3.8, 4) is 0 Å². The van der Waals surface area contributed by atoms with Crippen molar-refractivity contribution in [1.29, 1.82) is 0 Å². The minimum Gasteiger partial charge on any atom is -0.503 e. The van der Waals surface area contributed by atoms with Crippen molar-refractivity contribution in [1.82, 2.24) is 0 Å². The van der Waals surface area contributed by atoms with Crippen LogP contribution in [-0.4, -0.2) is 13.1 Å². The standard InChI is InChI=1S/C20H25N2.Pd/c1-15-8-5-9-16(2)19(15)21-12-7-13-22(14-21)20-17(3)10-6-11-18(20)4;/h5-6,8-11,14H,7,12-13H2,1-4H3;/q-1;. The molecule has 0 amide bonds. The second kappa shape index (κ2) is 7.51. The summed E-state index contributed by atoms with van der Waals surface area (Å²) < 4.78 is 0. The Hall–Kier alpha value is -1.30. The van der Waals surface area contributed by atoms with Gasteiger partial charge in [-0.1, -0.05) is 36.4 Å². The van der Waals surface area contributed by atoms with Gasteiger partial charge < -0.3 is 9.80 Å². The number of benzene rings is 2. The molecule has 2 aromatic carbocycles. The SMILES string of the molecule is Cc1cccc(C)c1N1[CH-]N(c2c(C)cccc2C)CCC1.[Pd]. The predicted octanol–water partition coefficient (Wildman–Crippen LogP) is 4.75. The Bertz CT molecular complexity index is 583. The number of rotatable bonds is 2. The average Bonchev–Trinajstić information content (AvgIpc) is 2.47. The molecule has 0 N–H and O–H groups in total. The van der Waals surface area contributed by atoms with E-state index in [1.807, 2.05) is 0 Å². The molecule has 126 valence electrons. The number of anilines is 2. The second-order valence-electron chi connectivity index (χ2n) is 6.34. The van der Waals surface area contributed by atoms with Crippen molar-refractivity contribution in [2.45, 2.75) is 34.1 Å². The monoisotopic (exact) mass is 399 g/mol. The van der Waals surface area contributed by atoms with Crippen LogP contribution >= 0.6 is 0 Å². The molecular weight excluding hydrogens is 375 g/mol. The van der Waals surface area contributed by atoms with Gasteiger partial charge in [0.05, 0.1) is 0 Å². The summed E-state index contributed by atoms with van der Waals surface area (Å²) in [4.78, 5) is 4.83. The van der Waals surface area contributed by atoms with Crippen LogP contribution in [0.5, 0.6) is 0 Å². The van der Waals surface area contributed by atoms with Gasteiger partial charge in [0.1, 0.15) is 0 Å². The van der Waals surface area contributed by atoms with Crippen molar-refractivity contribution >= 4 is 11.4 Å². The molecule has 1 aliphatic rings. The number of nitrogens with zero attached hydrogens (tertiary/aromatic N) is 2. The molecule has 0 atom stereocenters. The average molecular weight is 400 g/mol. The summed E-state index contributed by atoms with van der Waals surface area (Å²) >= 11 is 0. The minimum absolute atomic E-state index is 0. The van der Waals surface area contributed by atoms with Crippen LogP contribution in [0.1, 0.15) is 28.7 Å². The molecule has 0 saturated carbocycles. The van der Waals surface area contributed by atoms with Crippen LogP contribution in [0.25, 0.3) is 0 Å². The third-order valence-corrected chi connectivity index (χ3v) is 4.53. The van der Waals surface area contributed by atoms with E-state index in [1.165, 1.54) is 40.0 Å². The zero-order chi connectivity index (χ0) is 15.7. The minimum atomic E-state index is 0. The van der Waals surface area contributed by atoms with E-state index in [2.05, 4.69) is 80.6 Å². The molecule has 3 rings (SSSR count). The van der Waals surface area contributed by atoms with Gasteiger partial charge in [0.25, 0.3) is 0 Å². The van der Waals surface area contributed by atoms with E-state index in [4.69, 9.17) is 0 Å². The summed E-state index contributed by atoms with van der Waals surface area (Å²) in [5, 5.41) is 0. The Balaban J connectivity index is 0.00000192. The first-order chi connectivity index (χ1) is 10.6. The maximum absolute atomic E-state index is 2.42. The van der Waals surface area contributed by atoms with Gasteiger partial charge in [-0.2, -0.15) is 6.67 Å². The van der Waals surface area contributed by atoms with Gasteiger partial charge in [-0.15, -0.1) is 0 Å². The molecule has 0 radical (unpaired) electrons. The maximum atomic E-state index is 2.42. The van der Waals surface area contributed by atoms with Gasteiger partial charge in [-0.3, -0.25) is 0 Å². The topological polar surface area (TPSA) is 6.48 Å². The van der Waals surface area contributed by atoms with Crippen LogP contribution in [0.4, 0.5) is 11.4 Å². The van der Waals surface area contributed by atoms with Crippen molar-refractivity contribution < 1.29 is 20.4 Å². The molecule has 3 heteroatoms. The van der Waals surface area contributed by atoms with Gasteiger partial charge in [0, 0.05) is 31.8 Å². The quantitative estimate of drug-likeness (QED) is 0.531. The molecule has 1 heterocycles. The van der Waals surface area contributed by atoms with Crippen LogP contribution in [0.3, 0.4) is 0 Å². The third-order valence-electron chi connectivity index (χ3n) is 4.53. The molecule has 1 saturated heterocycles. The van der Waals surface area contributed by atoms with E-state index in [-0.39, 0.29) is 20.4 Å². The third kappa shape index (κ3) is 3.62. The van der Waals surface area contributed by atoms with Crippen LogP contribution in [0, 0.1) is 34.4 Å². The molecule has 23 heavy (non-hydrogen) atoms. The Labute approximate surface area is 154 Å². The summed E-state index contributed by atoms with van der Waals surface area (Å²) in [5.41, 5.74) is 8.11. The molecule has 2 nitrogen and oxygen atoms in total. The molecule has 0 bridgehead atoms. The molecule has 0 aliphatic carbocycles. The Morgan fingerprint density at radius 3 is 1.39 bits per heavy atom. The first kappa shape index (κ1) is 18.0. The Morgan fingerprint density at radius 2 is 1.04 bits per heavy atom. The van der Waals surface area contributed by atoms with Gasteiger partial charge in [0.15, 0.2) is 0 Å². The summed E-state index contributed by atoms with van der Waals surface area (Å²) in [6.45, 7) is 13.3. The molecule has 0 spiro atoms. The van der Waals surface area contributed by atoms with E-state index < -0.39 is 0 Å². The largest absolute Gasteiger partial charge is 0.503 e. The van der Waals surface area contributed by atoms with Gasteiger partial charge in [-0.25, -0.2) is 0 Å². The number of hydrogen-bond donors (Lipinski definition) is 0. The van der Waals surface area contributed by atoms with Crippen LogP contribution < -0.4 is 9.80 Å². The summed E-state index contributed by atoms with van der Waals surface area (Å²) in [5.74, 6) is 0. The van der Waals surface area contributed by atoms with Gasteiger partial charge in [-0.05, 0) is 69.5 Å². The van der Waals surface area contributed by atoms with Crippen molar-refractivity contribution in [2.24, 2.45) is 0 Å². The van der Waals surface area contributed by atoms with Crippen molar-refractivity contribution in [2.75, 3.05) is 22.9 Å². The van der Waals surface area contributed by atoms with Gasteiger partial charge in [0.2, 0.25) is 0 Å². The Morgan fingerprint density at radius 1 is 0.696 bits per heavy atom. The van der Waals surface area contributed by atoms with Crippen LogP contribution in [0.15, 0.2) is 36.4 Å². The van der Waals surface area contributed by atoms with E-state index in [0.29, 0.717) is 0 Å². The molecular formula is C20H25N2Pd-. The van der Waals surface area contributed by atoms with E-state index in [1.54, 1.807) is 0 Å². The first-order valence-electron chi connectivity index (χ1n) is 8.08. The smallest absolute Gasteiger partial charge is 0.0145 e. The van der Waals surface area contributed by atoms with E-state index in [0.717, 1.165) is 13.1 Å². The first-order valence-corrected chi connectivity index (χ1v) is 8.08. The molecule has 0 unspecified atom stereocenters. The van der Waals surface area contributed by atoms with E-state index >= 15 is 0 Å². The van der Waals surface area contributed by atoms with Crippen molar-refractivity contribution in [3.63, 3.8) is 0 Å². The molecule has 1 fully saturated rings. The molecule has 2 aromatic rings. The number of hydrogen-bond acceptors (Lipinski definition) is 2. The van der Waals surface area contributed by atoms with Crippen molar-refractivity contribution in [3.05, 3.63) is 65.3 Å². The summed E-state index contributed by atoms with van der Waals surface area (Å²) in [6.07, 6.45) is 1.18. The second-order valence-corrected chi connectivity index (χ2v) is 6.34. The summed E-state index contributed by atoms with van der Waals surface area (Å²) in [6, 6.07) is 13.1. The number of para-hydroxylation sites is 2. The molecule has 1 aliphatic heterocycles. The fraction of sp³-hybridized carbons (Fsp3) is 0.350. The predicted molar refractivity (Wildman–Crippen MR) is 95.4 cm³/mol. The number of aryl methyl sites for hydroxylation is 4. The zero-order valence-corrected chi connectivity index (χ0v) is 15.9. The van der Waals surface area contributed by atoms with E-state index in [9.17, 15) is 0 Å². The molecule has 0 aromatic heterocycles.